The van der Waals surface area contributed by atoms with Crippen molar-refractivity contribution >= 4 is 17.5 Å². The number of rotatable bonds is 6. The second kappa shape index (κ2) is 7.17. The summed E-state index contributed by atoms with van der Waals surface area (Å²) in [7, 11) is 0. The van der Waals surface area contributed by atoms with Crippen LogP contribution in [0, 0.1) is 5.82 Å². The Labute approximate surface area is 127 Å². The predicted molar refractivity (Wildman–Crippen MR) is 80.2 cm³/mol. The third kappa shape index (κ3) is 4.26. The summed E-state index contributed by atoms with van der Waals surface area (Å²) < 4.78 is 18.9. The molecule has 21 heavy (non-hydrogen) atoms. The van der Waals surface area contributed by atoms with Gasteiger partial charge in [-0.15, -0.1) is 0 Å². The van der Waals surface area contributed by atoms with Crippen molar-refractivity contribution < 1.29 is 9.13 Å². The molecule has 1 aromatic heterocycles. The summed E-state index contributed by atoms with van der Waals surface area (Å²) in [5.74, 6) is 0.251. The van der Waals surface area contributed by atoms with Crippen molar-refractivity contribution in [3.63, 3.8) is 0 Å². The predicted octanol–water partition coefficient (Wildman–Crippen LogP) is 3.55. The smallest absolute Gasteiger partial charge is 0.321 e. The van der Waals surface area contributed by atoms with Crippen molar-refractivity contribution in [3.8, 4) is 17.4 Å². The van der Waals surface area contributed by atoms with Gasteiger partial charge in [0.2, 0.25) is 5.95 Å². The lowest BCUT2D eigenvalue weighted by Gasteiger charge is -2.08. The van der Waals surface area contributed by atoms with Crippen LogP contribution in [0.3, 0.4) is 0 Å². The molecule has 2 aromatic rings. The van der Waals surface area contributed by atoms with E-state index in [0.29, 0.717) is 30.5 Å². The maximum absolute atomic E-state index is 13.5. The van der Waals surface area contributed by atoms with E-state index in [4.69, 9.17) is 16.3 Å². The van der Waals surface area contributed by atoms with E-state index in [2.05, 4.69) is 20.3 Å². The summed E-state index contributed by atoms with van der Waals surface area (Å²) in [4.78, 5) is 12.6. The molecule has 0 aliphatic heterocycles. The molecule has 1 aromatic carbocycles. The van der Waals surface area contributed by atoms with Gasteiger partial charge in [0.05, 0.1) is 6.61 Å². The first-order valence-electron chi connectivity index (χ1n) is 6.71. The SMILES string of the molecule is CCCOc1nc(NCC)nc(-c2cc(F)cc(Cl)c2)n1. The van der Waals surface area contributed by atoms with Crippen LogP contribution in [-0.2, 0) is 0 Å². The van der Waals surface area contributed by atoms with Gasteiger partial charge < -0.3 is 10.1 Å². The molecule has 0 saturated heterocycles. The molecule has 0 aliphatic carbocycles. The van der Waals surface area contributed by atoms with E-state index in [9.17, 15) is 4.39 Å². The number of aromatic nitrogens is 3. The van der Waals surface area contributed by atoms with Crippen molar-refractivity contribution in [1.82, 2.24) is 15.0 Å². The number of nitrogens with zero attached hydrogens (tertiary/aromatic N) is 3. The molecular formula is C14H16ClFN4O. The first-order valence-corrected chi connectivity index (χ1v) is 7.09. The summed E-state index contributed by atoms with van der Waals surface area (Å²) in [6, 6.07) is 4.35. The molecule has 0 saturated carbocycles. The molecule has 0 fully saturated rings. The van der Waals surface area contributed by atoms with Crippen LogP contribution >= 0.6 is 11.6 Å². The normalized spacial score (nSPS) is 10.5. The van der Waals surface area contributed by atoms with Gasteiger partial charge >= 0.3 is 6.01 Å². The lowest BCUT2D eigenvalue weighted by molar-refractivity contribution is 0.292. The van der Waals surface area contributed by atoms with Gasteiger partial charge in [0.25, 0.3) is 0 Å². The standard InChI is InChI=1S/C14H16ClFN4O/c1-3-5-21-14-19-12(18-13(20-14)17-4-2)9-6-10(15)8-11(16)7-9/h6-8H,3-5H2,1-2H3,(H,17,18,19,20). The van der Waals surface area contributed by atoms with Crippen LogP contribution in [0.2, 0.25) is 5.02 Å². The molecule has 0 bridgehead atoms. The maximum atomic E-state index is 13.5. The topological polar surface area (TPSA) is 59.9 Å². The largest absolute Gasteiger partial charge is 0.463 e. The van der Waals surface area contributed by atoms with E-state index in [1.165, 1.54) is 12.1 Å². The van der Waals surface area contributed by atoms with Crippen LogP contribution in [0.4, 0.5) is 10.3 Å². The van der Waals surface area contributed by atoms with Crippen molar-refractivity contribution in [1.29, 1.82) is 0 Å². The monoisotopic (exact) mass is 310 g/mol. The molecule has 0 amide bonds. The molecule has 0 aliphatic rings. The van der Waals surface area contributed by atoms with Gasteiger partial charge in [-0.05, 0) is 31.5 Å². The number of hydrogen-bond acceptors (Lipinski definition) is 5. The Balaban J connectivity index is 2.42. The molecule has 0 radical (unpaired) electrons. The minimum Gasteiger partial charge on any atom is -0.463 e. The summed E-state index contributed by atoms with van der Waals surface area (Å²) in [6.45, 7) is 5.06. The Morgan fingerprint density at radius 2 is 2.00 bits per heavy atom. The van der Waals surface area contributed by atoms with Crippen LogP contribution in [0.5, 0.6) is 6.01 Å². The van der Waals surface area contributed by atoms with Gasteiger partial charge in [-0.1, -0.05) is 18.5 Å². The lowest BCUT2D eigenvalue weighted by atomic mass is 10.2. The maximum Gasteiger partial charge on any atom is 0.321 e. The molecule has 0 spiro atoms. The summed E-state index contributed by atoms with van der Waals surface area (Å²) in [6.07, 6.45) is 0.837. The number of halogens is 2. The second-order valence-electron chi connectivity index (χ2n) is 4.30. The minimum atomic E-state index is -0.445. The third-order valence-electron chi connectivity index (χ3n) is 2.51. The molecule has 1 N–H and O–H groups in total. The number of anilines is 1. The zero-order valence-corrected chi connectivity index (χ0v) is 12.6. The van der Waals surface area contributed by atoms with Gasteiger partial charge in [0, 0.05) is 17.1 Å². The highest BCUT2D eigenvalue weighted by molar-refractivity contribution is 6.30. The lowest BCUT2D eigenvalue weighted by Crippen LogP contribution is -2.08. The van der Waals surface area contributed by atoms with Crippen LogP contribution in [0.25, 0.3) is 11.4 Å². The highest BCUT2D eigenvalue weighted by atomic mass is 35.5. The number of ether oxygens (including phenoxy) is 1. The summed E-state index contributed by atoms with van der Waals surface area (Å²) in [5, 5.41) is 3.28. The Morgan fingerprint density at radius 1 is 1.19 bits per heavy atom. The van der Waals surface area contributed by atoms with Crippen molar-refractivity contribution in [3.05, 3.63) is 29.0 Å². The fourth-order valence-electron chi connectivity index (χ4n) is 1.66. The molecule has 2 rings (SSSR count). The molecule has 7 heteroatoms. The van der Waals surface area contributed by atoms with Crippen LogP contribution in [0.15, 0.2) is 18.2 Å². The van der Waals surface area contributed by atoms with Crippen molar-refractivity contribution in [2.45, 2.75) is 20.3 Å². The van der Waals surface area contributed by atoms with E-state index >= 15 is 0 Å². The Kier molecular flexibility index (Phi) is 5.27. The number of nitrogens with one attached hydrogen (secondary N) is 1. The molecule has 0 unspecified atom stereocenters. The van der Waals surface area contributed by atoms with E-state index in [0.717, 1.165) is 6.42 Å². The van der Waals surface area contributed by atoms with Gasteiger partial charge in [-0.3, -0.25) is 0 Å². The number of hydrogen-bond donors (Lipinski definition) is 1. The van der Waals surface area contributed by atoms with Crippen LogP contribution in [0.1, 0.15) is 20.3 Å². The molecular weight excluding hydrogens is 295 g/mol. The summed E-state index contributed by atoms with van der Waals surface area (Å²) >= 11 is 5.87. The fourth-order valence-corrected chi connectivity index (χ4v) is 1.89. The molecule has 112 valence electrons. The highest BCUT2D eigenvalue weighted by Crippen LogP contribution is 2.23. The van der Waals surface area contributed by atoms with E-state index in [1.54, 1.807) is 6.07 Å². The fraction of sp³-hybridized carbons (Fsp3) is 0.357. The zero-order chi connectivity index (χ0) is 15.2. The van der Waals surface area contributed by atoms with Crippen LogP contribution < -0.4 is 10.1 Å². The average Bonchev–Trinajstić information content (AvgIpc) is 2.44. The molecule has 5 nitrogen and oxygen atoms in total. The van der Waals surface area contributed by atoms with Gasteiger partial charge in [-0.25, -0.2) is 4.39 Å². The Morgan fingerprint density at radius 3 is 2.67 bits per heavy atom. The van der Waals surface area contributed by atoms with Gasteiger partial charge in [0.1, 0.15) is 5.82 Å². The Bertz CT molecular complexity index is 604. The first kappa shape index (κ1) is 15.4. The van der Waals surface area contributed by atoms with Gasteiger partial charge in [0.15, 0.2) is 5.82 Å². The highest BCUT2D eigenvalue weighted by Gasteiger charge is 2.11. The second-order valence-corrected chi connectivity index (χ2v) is 4.74. The average molecular weight is 311 g/mol. The molecule has 1 heterocycles. The quantitative estimate of drug-likeness (QED) is 0.884. The van der Waals surface area contributed by atoms with E-state index in [-0.39, 0.29) is 11.0 Å². The van der Waals surface area contributed by atoms with E-state index in [1.807, 2.05) is 13.8 Å². The van der Waals surface area contributed by atoms with E-state index < -0.39 is 5.82 Å². The van der Waals surface area contributed by atoms with Crippen molar-refractivity contribution in [2.75, 3.05) is 18.5 Å². The third-order valence-corrected chi connectivity index (χ3v) is 2.72. The summed E-state index contributed by atoms with van der Waals surface area (Å²) in [5.41, 5.74) is 0.475. The van der Waals surface area contributed by atoms with Crippen molar-refractivity contribution in [2.24, 2.45) is 0 Å². The molecule has 0 atom stereocenters. The Hall–Kier alpha value is -1.95. The zero-order valence-electron chi connectivity index (χ0n) is 11.9. The first-order chi connectivity index (χ1) is 10.1. The number of benzene rings is 1. The minimum absolute atomic E-state index is 0.207. The van der Waals surface area contributed by atoms with Crippen LogP contribution in [-0.4, -0.2) is 28.1 Å². The van der Waals surface area contributed by atoms with Gasteiger partial charge in [-0.2, -0.15) is 15.0 Å².